The van der Waals surface area contributed by atoms with E-state index in [1.165, 1.54) is 11.1 Å². The predicted molar refractivity (Wildman–Crippen MR) is 152 cm³/mol. The van der Waals surface area contributed by atoms with Crippen LogP contribution in [0.4, 0.5) is 0 Å². The quantitative estimate of drug-likeness (QED) is 0.237. The SMILES string of the molecule is COc1cc([C@@H](O[Si](C)(C)C(C)(C)C)[C@@H](COS(C)(=O)=O)CC2Cc3ccccc3C2)cc(OC)c1C. The van der Waals surface area contributed by atoms with Crippen molar-refractivity contribution in [2.75, 3.05) is 27.1 Å². The summed E-state index contributed by atoms with van der Waals surface area (Å²) in [6.45, 7) is 13.1. The molecule has 0 saturated carbocycles. The van der Waals surface area contributed by atoms with Gasteiger partial charge in [-0.15, -0.1) is 0 Å². The monoisotopic (exact) mass is 548 g/mol. The van der Waals surface area contributed by atoms with E-state index in [1.54, 1.807) is 14.2 Å². The Morgan fingerprint density at radius 1 is 1.00 bits per heavy atom. The lowest BCUT2D eigenvalue weighted by atomic mass is 9.86. The first-order valence-corrected chi connectivity index (χ1v) is 17.7. The zero-order valence-corrected chi connectivity index (χ0v) is 25.7. The van der Waals surface area contributed by atoms with E-state index in [2.05, 4.69) is 58.1 Å². The number of methoxy groups -OCH3 is 2. The van der Waals surface area contributed by atoms with Crippen LogP contribution in [0.2, 0.25) is 18.1 Å². The lowest BCUT2D eigenvalue weighted by Gasteiger charge is -2.42. The van der Waals surface area contributed by atoms with Gasteiger partial charge in [-0.2, -0.15) is 8.42 Å². The van der Waals surface area contributed by atoms with E-state index < -0.39 is 18.4 Å². The summed E-state index contributed by atoms with van der Waals surface area (Å²) in [6.07, 6.45) is 3.45. The minimum Gasteiger partial charge on any atom is -0.496 e. The van der Waals surface area contributed by atoms with Crippen molar-refractivity contribution in [2.24, 2.45) is 11.8 Å². The molecule has 0 saturated heterocycles. The van der Waals surface area contributed by atoms with Crippen LogP contribution in [-0.2, 0) is 31.6 Å². The summed E-state index contributed by atoms with van der Waals surface area (Å²) >= 11 is 0. The van der Waals surface area contributed by atoms with Crippen molar-refractivity contribution in [2.45, 2.75) is 71.2 Å². The highest BCUT2D eigenvalue weighted by molar-refractivity contribution is 7.85. The number of ether oxygens (including phenoxy) is 2. The largest absolute Gasteiger partial charge is 0.496 e. The van der Waals surface area contributed by atoms with Gasteiger partial charge in [-0.1, -0.05) is 45.0 Å². The molecule has 37 heavy (non-hydrogen) atoms. The molecule has 0 aliphatic heterocycles. The maximum atomic E-state index is 12.1. The summed E-state index contributed by atoms with van der Waals surface area (Å²) in [5, 5.41) is -0.0318. The topological polar surface area (TPSA) is 71.1 Å². The maximum absolute atomic E-state index is 12.1. The van der Waals surface area contributed by atoms with Crippen LogP contribution in [0.1, 0.15) is 55.5 Å². The van der Waals surface area contributed by atoms with Gasteiger partial charge < -0.3 is 13.9 Å². The van der Waals surface area contributed by atoms with E-state index >= 15 is 0 Å². The Morgan fingerprint density at radius 3 is 1.95 bits per heavy atom. The molecule has 0 radical (unpaired) electrons. The molecule has 0 bridgehead atoms. The van der Waals surface area contributed by atoms with Crippen LogP contribution in [0.5, 0.6) is 11.5 Å². The summed E-state index contributed by atoms with van der Waals surface area (Å²) < 4.78 is 48.2. The maximum Gasteiger partial charge on any atom is 0.264 e. The molecule has 206 valence electrons. The molecule has 6 nitrogen and oxygen atoms in total. The van der Waals surface area contributed by atoms with Gasteiger partial charge in [-0.3, -0.25) is 4.18 Å². The molecule has 3 rings (SSSR count). The first-order chi connectivity index (χ1) is 17.1. The molecule has 2 atom stereocenters. The van der Waals surface area contributed by atoms with Crippen molar-refractivity contribution in [1.29, 1.82) is 0 Å². The zero-order chi connectivity index (χ0) is 27.6. The van der Waals surface area contributed by atoms with E-state index in [0.717, 1.165) is 36.6 Å². The molecule has 0 heterocycles. The van der Waals surface area contributed by atoms with Crippen LogP contribution in [0.3, 0.4) is 0 Å². The fourth-order valence-corrected chi connectivity index (χ4v) is 6.67. The van der Waals surface area contributed by atoms with Crippen LogP contribution >= 0.6 is 0 Å². The van der Waals surface area contributed by atoms with Crippen LogP contribution in [0.25, 0.3) is 0 Å². The van der Waals surface area contributed by atoms with Crippen molar-refractivity contribution in [3.05, 3.63) is 58.7 Å². The van der Waals surface area contributed by atoms with Gasteiger partial charge in [0.1, 0.15) is 11.5 Å². The normalized spacial score (nSPS) is 16.4. The first kappa shape index (κ1) is 29.7. The molecule has 8 heteroatoms. The van der Waals surface area contributed by atoms with E-state index in [4.69, 9.17) is 18.1 Å². The summed E-state index contributed by atoms with van der Waals surface area (Å²) in [7, 11) is -2.59. The molecule has 0 fully saturated rings. The van der Waals surface area contributed by atoms with Crippen molar-refractivity contribution >= 4 is 18.4 Å². The van der Waals surface area contributed by atoms with E-state index in [0.29, 0.717) is 17.4 Å². The van der Waals surface area contributed by atoms with Crippen molar-refractivity contribution < 1.29 is 26.5 Å². The second kappa shape index (κ2) is 11.5. The predicted octanol–water partition coefficient (Wildman–Crippen LogP) is 6.47. The summed E-state index contributed by atoms with van der Waals surface area (Å²) in [4.78, 5) is 0. The fourth-order valence-electron chi connectivity index (χ4n) is 4.94. The van der Waals surface area contributed by atoms with E-state index in [1.807, 2.05) is 19.1 Å². The van der Waals surface area contributed by atoms with Gasteiger partial charge >= 0.3 is 0 Å². The third-order valence-electron chi connectivity index (χ3n) is 8.03. The average molecular weight is 549 g/mol. The smallest absolute Gasteiger partial charge is 0.264 e. The molecule has 0 unspecified atom stereocenters. The first-order valence-electron chi connectivity index (χ1n) is 13.0. The highest BCUT2D eigenvalue weighted by Crippen LogP contribution is 2.45. The second-order valence-electron chi connectivity index (χ2n) is 11.9. The van der Waals surface area contributed by atoms with E-state index in [-0.39, 0.29) is 23.7 Å². The zero-order valence-electron chi connectivity index (χ0n) is 23.9. The van der Waals surface area contributed by atoms with Gasteiger partial charge in [-0.05, 0) is 79.1 Å². The minimum absolute atomic E-state index is 0.0318. The standard InChI is InChI=1S/C29H44O6SSi/c1-20-26(32-5)17-24(18-27(20)33-6)28(35-37(8,9)29(2,3)4)25(19-34-36(7,30)31)16-21-14-22-12-10-11-13-23(22)15-21/h10-13,17-18,21,25,28H,14-16,19H2,1-9H3/t25-,28-/m1/s1. The van der Waals surface area contributed by atoms with Crippen molar-refractivity contribution in [3.8, 4) is 11.5 Å². The van der Waals surface area contributed by atoms with Crippen molar-refractivity contribution in [3.63, 3.8) is 0 Å². The number of hydrogen-bond acceptors (Lipinski definition) is 6. The van der Waals surface area contributed by atoms with Gasteiger partial charge in [0, 0.05) is 11.5 Å². The Balaban J connectivity index is 2.07. The lowest BCUT2D eigenvalue weighted by molar-refractivity contribution is 0.0697. The molecule has 2 aromatic carbocycles. The van der Waals surface area contributed by atoms with E-state index in [9.17, 15) is 8.42 Å². The third-order valence-corrected chi connectivity index (χ3v) is 13.0. The van der Waals surface area contributed by atoms with Gasteiger partial charge in [0.05, 0.1) is 33.2 Å². The van der Waals surface area contributed by atoms with Gasteiger partial charge in [0.15, 0.2) is 8.32 Å². The lowest BCUT2D eigenvalue weighted by Crippen LogP contribution is -2.44. The molecular formula is C29H44O6SSi. The third kappa shape index (κ3) is 7.37. The average Bonchev–Trinajstić information content (AvgIpc) is 3.22. The van der Waals surface area contributed by atoms with Crippen LogP contribution in [0, 0.1) is 18.8 Å². The Labute approximate surface area is 224 Å². The molecular weight excluding hydrogens is 504 g/mol. The summed E-state index contributed by atoms with van der Waals surface area (Å²) in [6, 6.07) is 12.6. The highest BCUT2D eigenvalue weighted by atomic mass is 32.2. The number of fused-ring (bicyclic) bond motifs is 1. The highest BCUT2D eigenvalue weighted by Gasteiger charge is 2.42. The fraction of sp³-hybridized carbons (Fsp3) is 0.586. The number of benzene rings is 2. The molecule has 0 spiro atoms. The molecule has 0 amide bonds. The molecule has 0 N–H and O–H groups in total. The van der Waals surface area contributed by atoms with Crippen LogP contribution < -0.4 is 9.47 Å². The van der Waals surface area contributed by atoms with Crippen LogP contribution in [-0.4, -0.2) is 43.8 Å². The molecule has 2 aromatic rings. The van der Waals surface area contributed by atoms with Gasteiger partial charge in [-0.25, -0.2) is 0 Å². The Morgan fingerprint density at radius 2 is 1.51 bits per heavy atom. The molecule has 1 aliphatic rings. The van der Waals surface area contributed by atoms with Crippen LogP contribution in [0.15, 0.2) is 36.4 Å². The van der Waals surface area contributed by atoms with Gasteiger partial charge in [0.25, 0.3) is 10.1 Å². The Kier molecular flexibility index (Phi) is 9.21. The van der Waals surface area contributed by atoms with Crippen molar-refractivity contribution in [1.82, 2.24) is 0 Å². The minimum atomic E-state index is -3.62. The second-order valence-corrected chi connectivity index (χ2v) is 18.3. The summed E-state index contributed by atoms with van der Waals surface area (Å²) in [5.74, 6) is 1.63. The molecule has 0 aromatic heterocycles. The number of rotatable bonds is 11. The van der Waals surface area contributed by atoms with Gasteiger partial charge in [0.2, 0.25) is 0 Å². The summed E-state index contributed by atoms with van der Waals surface area (Å²) in [5.41, 5.74) is 4.57. The Bertz CT molecular complexity index is 1140. The Hall–Kier alpha value is -1.87. The number of hydrogen-bond donors (Lipinski definition) is 0. The molecule has 1 aliphatic carbocycles.